The van der Waals surface area contributed by atoms with Gasteiger partial charge in [-0.05, 0) is 19.8 Å². The SMILES string of the molecule is CCCCC=C(C)C(=O)OCCCCC. The lowest BCUT2D eigenvalue weighted by Crippen LogP contribution is -2.07. The Labute approximate surface area is 93.7 Å². The Hall–Kier alpha value is -0.790. The van der Waals surface area contributed by atoms with E-state index in [9.17, 15) is 4.79 Å². The van der Waals surface area contributed by atoms with Crippen LogP contribution in [0.4, 0.5) is 0 Å². The van der Waals surface area contributed by atoms with Crippen molar-refractivity contribution in [3.63, 3.8) is 0 Å². The van der Waals surface area contributed by atoms with Gasteiger partial charge in [0.15, 0.2) is 0 Å². The zero-order chi connectivity index (χ0) is 11.5. The molecule has 0 aliphatic rings. The summed E-state index contributed by atoms with van der Waals surface area (Å²) in [6.07, 6.45) is 8.52. The number of ether oxygens (including phenoxy) is 1. The van der Waals surface area contributed by atoms with E-state index in [0.717, 1.165) is 44.1 Å². The molecule has 0 rings (SSSR count). The van der Waals surface area contributed by atoms with Crippen LogP contribution in [0, 0.1) is 0 Å². The Morgan fingerprint density at radius 3 is 2.40 bits per heavy atom. The van der Waals surface area contributed by atoms with Crippen molar-refractivity contribution in [3.05, 3.63) is 11.6 Å². The summed E-state index contributed by atoms with van der Waals surface area (Å²) < 4.78 is 5.13. The van der Waals surface area contributed by atoms with Gasteiger partial charge in [0.2, 0.25) is 0 Å². The largest absolute Gasteiger partial charge is 0.462 e. The Bertz CT molecular complexity index is 195. The Morgan fingerprint density at radius 1 is 1.13 bits per heavy atom. The third-order valence-electron chi connectivity index (χ3n) is 2.31. The van der Waals surface area contributed by atoms with Crippen LogP contribution in [0.25, 0.3) is 0 Å². The van der Waals surface area contributed by atoms with E-state index in [-0.39, 0.29) is 5.97 Å². The molecule has 2 nitrogen and oxygen atoms in total. The van der Waals surface area contributed by atoms with Gasteiger partial charge >= 0.3 is 5.97 Å². The van der Waals surface area contributed by atoms with Crippen molar-refractivity contribution >= 4 is 5.97 Å². The molecule has 0 atom stereocenters. The summed E-state index contributed by atoms with van der Waals surface area (Å²) in [6.45, 7) is 6.67. The summed E-state index contributed by atoms with van der Waals surface area (Å²) in [7, 11) is 0. The second-order valence-corrected chi connectivity index (χ2v) is 3.87. The Balaban J connectivity index is 3.63. The molecule has 0 aromatic heterocycles. The van der Waals surface area contributed by atoms with Crippen LogP contribution in [-0.4, -0.2) is 12.6 Å². The van der Waals surface area contributed by atoms with Crippen molar-refractivity contribution in [2.24, 2.45) is 0 Å². The molecule has 0 aromatic rings. The lowest BCUT2D eigenvalue weighted by Gasteiger charge is -2.04. The number of carbonyl (C=O) groups is 1. The van der Waals surface area contributed by atoms with Gasteiger partial charge in [0.1, 0.15) is 0 Å². The van der Waals surface area contributed by atoms with E-state index in [1.807, 2.05) is 13.0 Å². The molecule has 15 heavy (non-hydrogen) atoms. The lowest BCUT2D eigenvalue weighted by atomic mass is 10.2. The second-order valence-electron chi connectivity index (χ2n) is 3.87. The van der Waals surface area contributed by atoms with E-state index in [4.69, 9.17) is 4.74 Å². The van der Waals surface area contributed by atoms with E-state index in [1.54, 1.807) is 0 Å². The quantitative estimate of drug-likeness (QED) is 0.347. The summed E-state index contributed by atoms with van der Waals surface area (Å²) in [5.41, 5.74) is 0.750. The number of hydrogen-bond donors (Lipinski definition) is 0. The first kappa shape index (κ1) is 14.2. The fourth-order valence-corrected chi connectivity index (χ4v) is 1.24. The zero-order valence-electron chi connectivity index (χ0n) is 10.3. The number of esters is 1. The maximum Gasteiger partial charge on any atom is 0.333 e. The summed E-state index contributed by atoms with van der Waals surface area (Å²) >= 11 is 0. The highest BCUT2D eigenvalue weighted by molar-refractivity contribution is 5.87. The molecule has 0 aromatic carbocycles. The van der Waals surface area contributed by atoms with Crippen molar-refractivity contribution in [3.8, 4) is 0 Å². The highest BCUT2D eigenvalue weighted by Gasteiger charge is 2.03. The van der Waals surface area contributed by atoms with Crippen LogP contribution in [0.2, 0.25) is 0 Å². The number of allylic oxidation sites excluding steroid dienone is 1. The van der Waals surface area contributed by atoms with Crippen LogP contribution in [0.15, 0.2) is 11.6 Å². The molecule has 0 heterocycles. The molecule has 0 spiro atoms. The molecule has 0 radical (unpaired) electrons. The van der Waals surface area contributed by atoms with Crippen molar-refractivity contribution in [2.75, 3.05) is 6.61 Å². The van der Waals surface area contributed by atoms with Crippen molar-refractivity contribution in [1.29, 1.82) is 0 Å². The van der Waals surface area contributed by atoms with E-state index in [1.165, 1.54) is 0 Å². The molecule has 0 amide bonds. The van der Waals surface area contributed by atoms with Crippen molar-refractivity contribution in [2.45, 2.75) is 59.3 Å². The number of unbranched alkanes of at least 4 members (excludes halogenated alkanes) is 4. The summed E-state index contributed by atoms with van der Waals surface area (Å²) in [6, 6.07) is 0. The van der Waals surface area contributed by atoms with Crippen LogP contribution in [0.5, 0.6) is 0 Å². The van der Waals surface area contributed by atoms with Crippen LogP contribution in [0.1, 0.15) is 59.3 Å². The van der Waals surface area contributed by atoms with Gasteiger partial charge in [-0.3, -0.25) is 0 Å². The molecule has 0 N–H and O–H groups in total. The monoisotopic (exact) mass is 212 g/mol. The normalized spacial score (nSPS) is 11.5. The Morgan fingerprint density at radius 2 is 1.80 bits per heavy atom. The number of hydrogen-bond acceptors (Lipinski definition) is 2. The van der Waals surface area contributed by atoms with Crippen LogP contribution in [-0.2, 0) is 9.53 Å². The van der Waals surface area contributed by atoms with Gasteiger partial charge in [0.05, 0.1) is 6.61 Å². The Kier molecular flexibility index (Phi) is 9.24. The minimum absolute atomic E-state index is 0.151. The van der Waals surface area contributed by atoms with Crippen molar-refractivity contribution < 1.29 is 9.53 Å². The highest BCUT2D eigenvalue weighted by atomic mass is 16.5. The smallest absolute Gasteiger partial charge is 0.333 e. The fraction of sp³-hybridized carbons (Fsp3) is 0.769. The first-order valence-corrected chi connectivity index (χ1v) is 6.06. The maximum atomic E-state index is 11.4. The lowest BCUT2D eigenvalue weighted by molar-refractivity contribution is -0.139. The molecule has 0 fully saturated rings. The summed E-state index contributed by atoms with van der Waals surface area (Å²) in [4.78, 5) is 11.4. The standard InChI is InChI=1S/C13H24O2/c1-4-6-8-10-12(3)13(14)15-11-9-7-5-2/h10H,4-9,11H2,1-3H3. The van der Waals surface area contributed by atoms with Gasteiger partial charge in [-0.15, -0.1) is 0 Å². The zero-order valence-corrected chi connectivity index (χ0v) is 10.3. The fourth-order valence-electron chi connectivity index (χ4n) is 1.24. The van der Waals surface area contributed by atoms with Gasteiger partial charge in [-0.1, -0.05) is 45.6 Å². The highest BCUT2D eigenvalue weighted by Crippen LogP contribution is 2.04. The molecule has 2 heteroatoms. The molecule has 0 bridgehead atoms. The summed E-state index contributed by atoms with van der Waals surface area (Å²) in [5, 5.41) is 0. The first-order chi connectivity index (χ1) is 7.22. The van der Waals surface area contributed by atoms with E-state index in [0.29, 0.717) is 6.61 Å². The topological polar surface area (TPSA) is 26.3 Å². The van der Waals surface area contributed by atoms with E-state index < -0.39 is 0 Å². The van der Waals surface area contributed by atoms with Crippen LogP contribution < -0.4 is 0 Å². The van der Waals surface area contributed by atoms with Gasteiger partial charge in [0, 0.05) is 5.57 Å². The van der Waals surface area contributed by atoms with Gasteiger partial charge in [-0.2, -0.15) is 0 Å². The third-order valence-corrected chi connectivity index (χ3v) is 2.31. The second kappa shape index (κ2) is 9.75. The predicted octanol–water partition coefficient (Wildman–Crippen LogP) is 3.86. The van der Waals surface area contributed by atoms with E-state index in [2.05, 4.69) is 13.8 Å². The first-order valence-electron chi connectivity index (χ1n) is 6.06. The van der Waals surface area contributed by atoms with Gasteiger partial charge in [0.25, 0.3) is 0 Å². The van der Waals surface area contributed by atoms with Crippen molar-refractivity contribution in [1.82, 2.24) is 0 Å². The molecule has 0 saturated heterocycles. The molecule has 0 aliphatic heterocycles. The molecule has 0 unspecified atom stereocenters. The van der Waals surface area contributed by atoms with Gasteiger partial charge in [-0.25, -0.2) is 4.79 Å². The average Bonchev–Trinajstić information content (AvgIpc) is 2.24. The molecule has 0 aliphatic carbocycles. The maximum absolute atomic E-state index is 11.4. The molecular weight excluding hydrogens is 188 g/mol. The number of rotatable bonds is 8. The van der Waals surface area contributed by atoms with Crippen LogP contribution >= 0.6 is 0 Å². The number of carbonyl (C=O) groups excluding carboxylic acids is 1. The predicted molar refractivity (Wildman–Crippen MR) is 63.8 cm³/mol. The minimum atomic E-state index is -0.151. The molecular formula is C13H24O2. The average molecular weight is 212 g/mol. The van der Waals surface area contributed by atoms with Gasteiger partial charge < -0.3 is 4.74 Å². The van der Waals surface area contributed by atoms with E-state index >= 15 is 0 Å². The molecule has 0 saturated carbocycles. The van der Waals surface area contributed by atoms with Crippen LogP contribution in [0.3, 0.4) is 0 Å². The molecule has 88 valence electrons. The third kappa shape index (κ3) is 8.22. The minimum Gasteiger partial charge on any atom is -0.462 e. The summed E-state index contributed by atoms with van der Waals surface area (Å²) in [5.74, 6) is -0.151.